The second-order valence-corrected chi connectivity index (χ2v) is 4.88. The lowest BCUT2D eigenvalue weighted by atomic mass is 10.1. The minimum absolute atomic E-state index is 1.07. The molecule has 1 aliphatic rings. The van der Waals surface area contributed by atoms with Crippen LogP contribution in [0.25, 0.3) is 0 Å². The predicted octanol–water partition coefficient (Wildman–Crippen LogP) is 1.96. The molecule has 18 heavy (non-hydrogen) atoms. The van der Waals surface area contributed by atoms with Crippen LogP contribution < -0.4 is 10.6 Å². The number of piperazine rings is 1. The summed E-state index contributed by atoms with van der Waals surface area (Å²) in [7, 11) is 0. The van der Waals surface area contributed by atoms with Crippen molar-refractivity contribution in [3.8, 4) is 0 Å². The fourth-order valence-electron chi connectivity index (χ4n) is 2.46. The Balaban J connectivity index is 1.68. The SMILES string of the molecule is CCc1ccccc1NCCCN1CCNCC1. The highest BCUT2D eigenvalue weighted by Gasteiger charge is 2.08. The minimum Gasteiger partial charge on any atom is -0.385 e. The highest BCUT2D eigenvalue weighted by Crippen LogP contribution is 2.15. The zero-order valence-corrected chi connectivity index (χ0v) is 11.4. The van der Waals surface area contributed by atoms with Crippen LogP contribution in [0.5, 0.6) is 0 Å². The average Bonchev–Trinajstić information content (AvgIpc) is 2.45. The van der Waals surface area contributed by atoms with Crippen molar-refractivity contribution in [1.29, 1.82) is 0 Å². The van der Waals surface area contributed by atoms with Gasteiger partial charge in [0, 0.05) is 38.4 Å². The summed E-state index contributed by atoms with van der Waals surface area (Å²) in [6.07, 6.45) is 2.32. The fraction of sp³-hybridized carbons (Fsp3) is 0.600. The second kappa shape index (κ2) is 7.39. The number of para-hydroxylation sites is 1. The van der Waals surface area contributed by atoms with Gasteiger partial charge in [-0.2, -0.15) is 0 Å². The van der Waals surface area contributed by atoms with Gasteiger partial charge in [-0.1, -0.05) is 25.1 Å². The molecule has 1 aromatic carbocycles. The standard InChI is InChI=1S/C15H25N3/c1-2-14-6-3-4-7-15(14)17-8-5-11-18-12-9-16-10-13-18/h3-4,6-7,16-17H,2,5,8-13H2,1H3. The molecule has 0 bridgehead atoms. The molecule has 0 atom stereocenters. The van der Waals surface area contributed by atoms with Crippen LogP contribution in [0, 0.1) is 0 Å². The van der Waals surface area contributed by atoms with E-state index in [1.807, 2.05) is 0 Å². The van der Waals surface area contributed by atoms with E-state index in [0.717, 1.165) is 26.1 Å². The smallest absolute Gasteiger partial charge is 0.0372 e. The van der Waals surface area contributed by atoms with E-state index in [4.69, 9.17) is 0 Å². The molecule has 3 heteroatoms. The van der Waals surface area contributed by atoms with Gasteiger partial charge < -0.3 is 15.5 Å². The largest absolute Gasteiger partial charge is 0.385 e. The molecule has 0 spiro atoms. The van der Waals surface area contributed by atoms with E-state index in [2.05, 4.69) is 46.7 Å². The van der Waals surface area contributed by atoms with Crippen molar-refractivity contribution in [1.82, 2.24) is 10.2 Å². The Labute approximate surface area is 111 Å². The monoisotopic (exact) mass is 247 g/mol. The molecule has 0 radical (unpaired) electrons. The van der Waals surface area contributed by atoms with Gasteiger partial charge >= 0.3 is 0 Å². The third-order valence-corrected chi connectivity index (χ3v) is 3.57. The molecule has 1 aliphatic heterocycles. The molecule has 0 aromatic heterocycles. The van der Waals surface area contributed by atoms with Gasteiger partial charge in [0.1, 0.15) is 0 Å². The van der Waals surface area contributed by atoms with E-state index in [1.54, 1.807) is 0 Å². The summed E-state index contributed by atoms with van der Waals surface area (Å²) in [4.78, 5) is 2.55. The molecule has 3 nitrogen and oxygen atoms in total. The summed E-state index contributed by atoms with van der Waals surface area (Å²) in [5.41, 5.74) is 2.72. The van der Waals surface area contributed by atoms with Crippen LogP contribution in [0.3, 0.4) is 0 Å². The quantitative estimate of drug-likeness (QED) is 0.753. The van der Waals surface area contributed by atoms with Crippen molar-refractivity contribution in [3.05, 3.63) is 29.8 Å². The van der Waals surface area contributed by atoms with Crippen LogP contribution in [-0.2, 0) is 6.42 Å². The molecule has 1 saturated heterocycles. The zero-order valence-electron chi connectivity index (χ0n) is 11.4. The summed E-state index contributed by atoms with van der Waals surface area (Å²) in [6, 6.07) is 8.62. The van der Waals surface area contributed by atoms with Gasteiger partial charge in [-0.25, -0.2) is 0 Å². The van der Waals surface area contributed by atoms with Crippen LogP contribution in [-0.4, -0.2) is 44.2 Å². The van der Waals surface area contributed by atoms with Gasteiger partial charge in [-0.3, -0.25) is 0 Å². The van der Waals surface area contributed by atoms with Gasteiger partial charge in [-0.05, 0) is 31.0 Å². The number of nitrogens with zero attached hydrogens (tertiary/aromatic N) is 1. The first-order valence-electron chi connectivity index (χ1n) is 7.15. The van der Waals surface area contributed by atoms with E-state index in [1.165, 1.54) is 37.3 Å². The number of hydrogen-bond donors (Lipinski definition) is 2. The van der Waals surface area contributed by atoms with Crippen molar-refractivity contribution in [2.24, 2.45) is 0 Å². The van der Waals surface area contributed by atoms with Crippen LogP contribution in [0.4, 0.5) is 5.69 Å². The first-order chi connectivity index (χ1) is 8.90. The Morgan fingerprint density at radius 3 is 2.78 bits per heavy atom. The molecular weight excluding hydrogens is 222 g/mol. The fourth-order valence-corrected chi connectivity index (χ4v) is 2.46. The van der Waals surface area contributed by atoms with Crippen LogP contribution in [0.1, 0.15) is 18.9 Å². The molecule has 2 rings (SSSR count). The molecule has 0 unspecified atom stereocenters. The Morgan fingerprint density at radius 1 is 1.22 bits per heavy atom. The van der Waals surface area contributed by atoms with Gasteiger partial charge in [0.05, 0.1) is 0 Å². The molecule has 0 amide bonds. The third kappa shape index (κ3) is 4.00. The van der Waals surface area contributed by atoms with Crippen molar-refractivity contribution in [2.75, 3.05) is 44.6 Å². The molecule has 1 heterocycles. The first kappa shape index (κ1) is 13.4. The Morgan fingerprint density at radius 2 is 2.00 bits per heavy atom. The average molecular weight is 247 g/mol. The lowest BCUT2D eigenvalue weighted by Gasteiger charge is -2.27. The van der Waals surface area contributed by atoms with Crippen molar-refractivity contribution in [2.45, 2.75) is 19.8 Å². The van der Waals surface area contributed by atoms with Gasteiger partial charge in [-0.15, -0.1) is 0 Å². The van der Waals surface area contributed by atoms with Crippen molar-refractivity contribution >= 4 is 5.69 Å². The lowest BCUT2D eigenvalue weighted by molar-refractivity contribution is 0.240. The zero-order chi connectivity index (χ0) is 12.6. The molecule has 1 fully saturated rings. The van der Waals surface area contributed by atoms with Crippen molar-refractivity contribution < 1.29 is 0 Å². The minimum atomic E-state index is 1.07. The van der Waals surface area contributed by atoms with Crippen LogP contribution in [0.15, 0.2) is 24.3 Å². The molecule has 2 N–H and O–H groups in total. The molecule has 0 saturated carbocycles. The Hall–Kier alpha value is -1.06. The normalized spacial score (nSPS) is 16.7. The van der Waals surface area contributed by atoms with E-state index < -0.39 is 0 Å². The highest BCUT2D eigenvalue weighted by atomic mass is 15.2. The maximum absolute atomic E-state index is 3.56. The van der Waals surface area contributed by atoms with E-state index in [9.17, 15) is 0 Å². The summed E-state index contributed by atoms with van der Waals surface area (Å²) in [6.45, 7) is 9.18. The molecule has 0 aliphatic carbocycles. The third-order valence-electron chi connectivity index (χ3n) is 3.57. The molecule has 100 valence electrons. The molecular formula is C15H25N3. The van der Waals surface area contributed by atoms with Crippen LogP contribution in [0.2, 0.25) is 0 Å². The Kier molecular flexibility index (Phi) is 5.49. The number of rotatable bonds is 6. The van der Waals surface area contributed by atoms with Gasteiger partial charge in [0.25, 0.3) is 0 Å². The van der Waals surface area contributed by atoms with E-state index in [0.29, 0.717) is 0 Å². The number of hydrogen-bond acceptors (Lipinski definition) is 3. The van der Waals surface area contributed by atoms with Gasteiger partial charge in [0.2, 0.25) is 0 Å². The predicted molar refractivity (Wildman–Crippen MR) is 78.2 cm³/mol. The number of anilines is 1. The van der Waals surface area contributed by atoms with E-state index >= 15 is 0 Å². The number of nitrogens with one attached hydrogen (secondary N) is 2. The topological polar surface area (TPSA) is 27.3 Å². The summed E-state index contributed by atoms with van der Waals surface area (Å²) >= 11 is 0. The summed E-state index contributed by atoms with van der Waals surface area (Å²) < 4.78 is 0. The summed E-state index contributed by atoms with van der Waals surface area (Å²) in [5.74, 6) is 0. The number of benzene rings is 1. The maximum atomic E-state index is 3.56. The maximum Gasteiger partial charge on any atom is 0.0372 e. The van der Waals surface area contributed by atoms with Crippen LogP contribution >= 0.6 is 0 Å². The molecule has 1 aromatic rings. The number of aryl methyl sites for hydroxylation is 1. The highest BCUT2D eigenvalue weighted by molar-refractivity contribution is 5.50. The first-order valence-corrected chi connectivity index (χ1v) is 7.15. The second-order valence-electron chi connectivity index (χ2n) is 4.88. The van der Waals surface area contributed by atoms with Gasteiger partial charge in [0.15, 0.2) is 0 Å². The van der Waals surface area contributed by atoms with E-state index in [-0.39, 0.29) is 0 Å². The Bertz CT molecular complexity index is 345. The lowest BCUT2D eigenvalue weighted by Crippen LogP contribution is -2.44. The van der Waals surface area contributed by atoms with Crippen molar-refractivity contribution in [3.63, 3.8) is 0 Å². The summed E-state index contributed by atoms with van der Waals surface area (Å²) in [5, 5.41) is 6.95.